The maximum Gasteiger partial charge on any atom is 0.414 e. The Bertz CT molecular complexity index is 983. The average Bonchev–Trinajstić information content (AvgIpc) is 2.99. The van der Waals surface area contributed by atoms with Gasteiger partial charge in [0.25, 0.3) is 0 Å². The molecule has 2 atom stereocenters. The molecule has 0 radical (unpaired) electrons. The second-order valence-electron chi connectivity index (χ2n) is 8.24. The van der Waals surface area contributed by atoms with Gasteiger partial charge in [-0.05, 0) is 62.7 Å². The Kier molecular flexibility index (Phi) is 10.8. The summed E-state index contributed by atoms with van der Waals surface area (Å²) in [5.74, 6) is -2.34. The van der Waals surface area contributed by atoms with Gasteiger partial charge >= 0.3 is 11.9 Å². The molecule has 1 heterocycles. The van der Waals surface area contributed by atoms with Crippen molar-refractivity contribution in [3.63, 3.8) is 0 Å². The molecule has 9 heteroatoms. The van der Waals surface area contributed by atoms with Gasteiger partial charge in [-0.3, -0.25) is 0 Å². The SMILES string of the molecule is CCN(CC)CCC[C@]1(O)c2ccccc2OCC[C@@H]1c1ccc(Cl)c(OC)c1.O=C(O)C(=O)O. The average molecular weight is 508 g/mol. The van der Waals surface area contributed by atoms with Crippen LogP contribution in [-0.4, -0.2) is 65.5 Å². The monoisotopic (exact) mass is 507 g/mol. The molecule has 0 bridgehead atoms. The van der Waals surface area contributed by atoms with Gasteiger partial charge in [0.05, 0.1) is 18.7 Å². The third kappa shape index (κ3) is 7.34. The van der Waals surface area contributed by atoms with Crippen LogP contribution < -0.4 is 9.47 Å². The first-order valence-corrected chi connectivity index (χ1v) is 12.0. The molecule has 2 aromatic carbocycles. The van der Waals surface area contributed by atoms with E-state index in [1.165, 1.54) is 0 Å². The number of fused-ring (bicyclic) bond motifs is 1. The maximum atomic E-state index is 12.1. The molecule has 35 heavy (non-hydrogen) atoms. The predicted molar refractivity (Wildman–Crippen MR) is 133 cm³/mol. The van der Waals surface area contributed by atoms with Crippen molar-refractivity contribution in [3.05, 3.63) is 58.6 Å². The van der Waals surface area contributed by atoms with Crippen LogP contribution >= 0.6 is 11.6 Å². The fourth-order valence-electron chi connectivity index (χ4n) is 4.42. The van der Waals surface area contributed by atoms with Gasteiger partial charge in [-0.1, -0.05) is 49.7 Å². The zero-order valence-electron chi connectivity index (χ0n) is 20.4. The highest BCUT2D eigenvalue weighted by Gasteiger charge is 2.42. The Morgan fingerprint density at radius 1 is 1.14 bits per heavy atom. The molecular weight excluding hydrogens is 474 g/mol. The lowest BCUT2D eigenvalue weighted by Crippen LogP contribution is -2.35. The Labute approximate surface area is 211 Å². The van der Waals surface area contributed by atoms with E-state index in [2.05, 4.69) is 18.7 Å². The van der Waals surface area contributed by atoms with Crippen molar-refractivity contribution < 1.29 is 34.4 Å². The molecule has 0 saturated heterocycles. The Hall–Kier alpha value is -2.81. The van der Waals surface area contributed by atoms with Gasteiger partial charge < -0.3 is 29.7 Å². The number of halogens is 1. The van der Waals surface area contributed by atoms with Crippen molar-refractivity contribution in [3.8, 4) is 11.5 Å². The third-order valence-electron chi connectivity index (χ3n) is 6.28. The first-order chi connectivity index (χ1) is 16.7. The van der Waals surface area contributed by atoms with E-state index >= 15 is 0 Å². The molecule has 0 fully saturated rings. The fourth-order valence-corrected chi connectivity index (χ4v) is 4.61. The smallest absolute Gasteiger partial charge is 0.414 e. The van der Waals surface area contributed by atoms with Crippen LogP contribution in [0.5, 0.6) is 11.5 Å². The number of hydrogen-bond donors (Lipinski definition) is 3. The van der Waals surface area contributed by atoms with Gasteiger partial charge in [0.15, 0.2) is 0 Å². The highest BCUT2D eigenvalue weighted by molar-refractivity contribution is 6.32. The van der Waals surface area contributed by atoms with E-state index in [0.29, 0.717) is 23.8 Å². The summed E-state index contributed by atoms with van der Waals surface area (Å²) in [7, 11) is 1.62. The summed E-state index contributed by atoms with van der Waals surface area (Å²) < 4.78 is 11.5. The van der Waals surface area contributed by atoms with E-state index in [9.17, 15) is 5.11 Å². The number of para-hydroxylation sites is 1. The zero-order valence-corrected chi connectivity index (χ0v) is 21.1. The number of nitrogens with zero attached hydrogens (tertiary/aromatic N) is 1. The number of aliphatic carboxylic acids is 2. The van der Waals surface area contributed by atoms with Crippen LogP contribution in [0.3, 0.4) is 0 Å². The van der Waals surface area contributed by atoms with Crippen molar-refractivity contribution >= 4 is 23.5 Å². The first-order valence-electron chi connectivity index (χ1n) is 11.6. The normalized spacial score (nSPS) is 19.0. The standard InChI is InChI=1S/C24H32ClNO3.C2H2O4/c1-4-26(5-2)15-8-14-24(27)19(18-11-12-21(25)23(17-18)28-3)13-16-29-22-10-7-6-9-20(22)24;3-1(4)2(5)6/h6-7,9-12,17,19,27H,4-5,8,13-16H2,1-3H3;(H,3,4)(H,5,6)/t19-,24-;/m1./s1. The van der Waals surface area contributed by atoms with Crippen LogP contribution in [0, 0.1) is 0 Å². The second kappa shape index (κ2) is 13.3. The maximum absolute atomic E-state index is 12.1. The van der Waals surface area contributed by atoms with Crippen LogP contribution in [-0.2, 0) is 15.2 Å². The number of benzene rings is 2. The molecule has 0 amide bonds. The van der Waals surface area contributed by atoms with Gasteiger partial charge in [-0.15, -0.1) is 0 Å². The van der Waals surface area contributed by atoms with Gasteiger partial charge in [0.1, 0.15) is 17.1 Å². The minimum Gasteiger partial charge on any atom is -0.495 e. The zero-order chi connectivity index (χ0) is 26.0. The topological polar surface area (TPSA) is 117 Å². The third-order valence-corrected chi connectivity index (χ3v) is 6.59. The van der Waals surface area contributed by atoms with Crippen LogP contribution in [0.4, 0.5) is 0 Å². The van der Waals surface area contributed by atoms with Crippen LogP contribution in [0.25, 0.3) is 0 Å². The molecule has 1 aliphatic heterocycles. The second-order valence-corrected chi connectivity index (χ2v) is 8.65. The Morgan fingerprint density at radius 2 is 1.80 bits per heavy atom. The molecule has 0 aliphatic carbocycles. The molecule has 1 aliphatic rings. The summed E-state index contributed by atoms with van der Waals surface area (Å²) in [4.78, 5) is 20.6. The molecule has 192 valence electrons. The van der Waals surface area contributed by atoms with Crippen molar-refractivity contribution in [1.29, 1.82) is 0 Å². The number of carbonyl (C=O) groups is 2. The largest absolute Gasteiger partial charge is 0.495 e. The number of aliphatic hydroxyl groups is 1. The van der Waals surface area contributed by atoms with Gasteiger partial charge in [0.2, 0.25) is 0 Å². The lowest BCUT2D eigenvalue weighted by Gasteiger charge is -2.36. The summed E-state index contributed by atoms with van der Waals surface area (Å²) in [6.07, 6.45) is 2.30. The minimum absolute atomic E-state index is 0.103. The van der Waals surface area contributed by atoms with E-state index in [-0.39, 0.29) is 5.92 Å². The van der Waals surface area contributed by atoms with Crippen molar-refractivity contribution in [2.45, 2.75) is 44.6 Å². The predicted octanol–water partition coefficient (Wildman–Crippen LogP) is 4.38. The molecule has 8 nitrogen and oxygen atoms in total. The first kappa shape index (κ1) is 28.4. The summed E-state index contributed by atoms with van der Waals surface area (Å²) >= 11 is 6.25. The van der Waals surface area contributed by atoms with Crippen LogP contribution in [0.15, 0.2) is 42.5 Å². The number of carboxylic acids is 2. The van der Waals surface area contributed by atoms with Gasteiger partial charge in [0, 0.05) is 11.5 Å². The molecule has 0 saturated carbocycles. The number of ether oxygens (including phenoxy) is 2. The van der Waals surface area contributed by atoms with E-state index in [0.717, 1.165) is 49.4 Å². The summed E-state index contributed by atoms with van der Waals surface area (Å²) in [5, 5.41) is 27.5. The molecule has 0 aromatic heterocycles. The minimum atomic E-state index is -1.82. The number of carboxylic acid groups (broad SMARTS) is 2. The lowest BCUT2D eigenvalue weighted by molar-refractivity contribution is -0.159. The highest BCUT2D eigenvalue weighted by atomic mass is 35.5. The van der Waals surface area contributed by atoms with Crippen LogP contribution in [0.1, 0.15) is 50.2 Å². The molecule has 3 N–H and O–H groups in total. The highest BCUT2D eigenvalue weighted by Crippen LogP contribution is 2.48. The lowest BCUT2D eigenvalue weighted by atomic mass is 9.73. The number of methoxy groups -OCH3 is 1. The summed E-state index contributed by atoms with van der Waals surface area (Å²) in [6, 6.07) is 13.7. The Morgan fingerprint density at radius 3 is 2.40 bits per heavy atom. The van der Waals surface area contributed by atoms with E-state index in [4.69, 9.17) is 40.9 Å². The van der Waals surface area contributed by atoms with E-state index in [1.54, 1.807) is 7.11 Å². The van der Waals surface area contributed by atoms with Crippen molar-refractivity contribution in [2.24, 2.45) is 0 Å². The van der Waals surface area contributed by atoms with Crippen molar-refractivity contribution in [1.82, 2.24) is 4.90 Å². The molecule has 0 unspecified atom stereocenters. The Balaban J connectivity index is 0.000000641. The van der Waals surface area contributed by atoms with Gasteiger partial charge in [-0.25, -0.2) is 9.59 Å². The van der Waals surface area contributed by atoms with Crippen molar-refractivity contribution in [2.75, 3.05) is 33.4 Å². The molecular formula is C26H34ClNO7. The van der Waals surface area contributed by atoms with Gasteiger partial charge in [-0.2, -0.15) is 0 Å². The van der Waals surface area contributed by atoms with Crippen LogP contribution in [0.2, 0.25) is 5.02 Å². The molecule has 0 spiro atoms. The quantitative estimate of drug-likeness (QED) is 0.451. The van der Waals surface area contributed by atoms with E-state index in [1.807, 2.05) is 42.5 Å². The van der Waals surface area contributed by atoms with E-state index < -0.39 is 17.5 Å². The molecule has 2 aromatic rings. The molecule has 3 rings (SSSR count). The summed E-state index contributed by atoms with van der Waals surface area (Å²) in [6.45, 7) is 7.92. The number of rotatable bonds is 8. The number of hydrogen-bond acceptors (Lipinski definition) is 6. The fraction of sp³-hybridized carbons (Fsp3) is 0.462. The summed E-state index contributed by atoms with van der Waals surface area (Å²) in [5.41, 5.74) is 0.881.